The van der Waals surface area contributed by atoms with E-state index < -0.39 is 0 Å². The molecule has 1 aromatic rings. The van der Waals surface area contributed by atoms with Gasteiger partial charge in [0.25, 0.3) is 0 Å². The Hall–Kier alpha value is -1.56. The average molecular weight is 227 g/mol. The van der Waals surface area contributed by atoms with Crippen molar-refractivity contribution in [3.05, 3.63) is 22.9 Å². The minimum atomic E-state index is 0.744. The topological polar surface area (TPSA) is 39.9 Å². The molecular weight excluding hydrogens is 210 g/mol. The van der Waals surface area contributed by atoms with Crippen molar-refractivity contribution >= 4 is 5.82 Å². The van der Waals surface area contributed by atoms with E-state index in [4.69, 9.17) is 4.98 Å². The van der Waals surface area contributed by atoms with Crippen molar-refractivity contribution in [1.82, 2.24) is 4.98 Å². The van der Waals surface area contributed by atoms with Gasteiger partial charge in [-0.15, -0.1) is 0 Å². The maximum atomic E-state index is 9.23. The normalized spacial score (nSPS) is 17.6. The molecule has 0 spiro atoms. The van der Waals surface area contributed by atoms with Gasteiger partial charge in [0, 0.05) is 19.3 Å². The maximum absolute atomic E-state index is 9.23. The van der Waals surface area contributed by atoms with Crippen LogP contribution in [0.25, 0.3) is 0 Å². The number of nitrogens with zero attached hydrogens (tertiary/aromatic N) is 3. The van der Waals surface area contributed by atoms with Gasteiger partial charge in [0.15, 0.2) is 0 Å². The van der Waals surface area contributed by atoms with Gasteiger partial charge in [-0.05, 0) is 49.7 Å². The Morgan fingerprint density at radius 2 is 2.29 bits per heavy atom. The number of anilines is 1. The third-order valence-electron chi connectivity index (χ3n) is 3.74. The second kappa shape index (κ2) is 4.03. The molecule has 0 saturated heterocycles. The first-order valence-corrected chi connectivity index (χ1v) is 6.42. The van der Waals surface area contributed by atoms with E-state index >= 15 is 0 Å². The molecule has 1 aromatic heterocycles. The van der Waals surface area contributed by atoms with Gasteiger partial charge in [0.1, 0.15) is 11.9 Å². The third-order valence-corrected chi connectivity index (χ3v) is 3.74. The molecule has 0 amide bonds. The number of hydrogen-bond acceptors (Lipinski definition) is 3. The lowest BCUT2D eigenvalue weighted by molar-refractivity contribution is 0.773. The summed E-state index contributed by atoms with van der Waals surface area (Å²) in [6.07, 6.45) is 6.01. The predicted octanol–water partition coefficient (Wildman–Crippen LogP) is 2.29. The lowest BCUT2D eigenvalue weighted by atomic mass is 10.1. The molecule has 0 N–H and O–H groups in total. The molecule has 3 rings (SSSR count). The van der Waals surface area contributed by atoms with E-state index in [1.165, 1.54) is 30.5 Å². The van der Waals surface area contributed by atoms with Crippen LogP contribution in [-0.2, 0) is 12.8 Å². The molecule has 2 aliphatic rings. The Bertz CT molecular complexity index is 483. The zero-order valence-corrected chi connectivity index (χ0v) is 10.2. The average Bonchev–Trinajstić information content (AvgIpc) is 3.03. The number of aryl methyl sites for hydroxylation is 2. The van der Waals surface area contributed by atoms with Crippen molar-refractivity contribution < 1.29 is 0 Å². The van der Waals surface area contributed by atoms with Crippen LogP contribution in [0.3, 0.4) is 0 Å². The molecule has 0 aromatic carbocycles. The molecule has 3 nitrogen and oxygen atoms in total. The maximum Gasteiger partial charge on any atom is 0.146 e. The molecule has 0 aliphatic heterocycles. The number of hydrogen-bond donors (Lipinski definition) is 0. The van der Waals surface area contributed by atoms with Crippen molar-refractivity contribution in [1.29, 1.82) is 5.26 Å². The van der Waals surface area contributed by atoms with Crippen LogP contribution < -0.4 is 4.90 Å². The first kappa shape index (κ1) is 10.6. The zero-order valence-electron chi connectivity index (χ0n) is 10.2. The summed E-state index contributed by atoms with van der Waals surface area (Å²) < 4.78 is 0. The Kier molecular flexibility index (Phi) is 2.51. The molecule has 3 heteroatoms. The number of pyridine rings is 1. The predicted molar refractivity (Wildman–Crippen MR) is 67.0 cm³/mol. The summed E-state index contributed by atoms with van der Waals surface area (Å²) in [5.74, 6) is 1.71. The van der Waals surface area contributed by atoms with Crippen molar-refractivity contribution in [3.63, 3.8) is 0 Å². The quantitative estimate of drug-likeness (QED) is 0.795. The Morgan fingerprint density at radius 1 is 1.47 bits per heavy atom. The molecule has 1 heterocycles. The highest BCUT2D eigenvalue weighted by molar-refractivity contribution is 5.56. The minimum Gasteiger partial charge on any atom is -0.358 e. The molecule has 88 valence electrons. The van der Waals surface area contributed by atoms with Crippen LogP contribution in [0.2, 0.25) is 0 Å². The van der Waals surface area contributed by atoms with Crippen molar-refractivity contribution in [2.75, 3.05) is 18.5 Å². The van der Waals surface area contributed by atoms with Crippen LogP contribution in [-0.4, -0.2) is 18.6 Å². The minimum absolute atomic E-state index is 0.744. The number of rotatable bonds is 3. The summed E-state index contributed by atoms with van der Waals surface area (Å²) in [7, 11) is 2.06. The van der Waals surface area contributed by atoms with Gasteiger partial charge in [-0.25, -0.2) is 4.98 Å². The molecule has 0 atom stereocenters. The summed E-state index contributed by atoms with van der Waals surface area (Å²) in [5, 5.41) is 9.23. The molecular formula is C14H17N3. The monoisotopic (exact) mass is 227 g/mol. The van der Waals surface area contributed by atoms with Crippen molar-refractivity contribution in [2.24, 2.45) is 5.92 Å². The number of aromatic nitrogens is 1. The number of nitriles is 1. The van der Waals surface area contributed by atoms with E-state index in [-0.39, 0.29) is 0 Å². The summed E-state index contributed by atoms with van der Waals surface area (Å²) in [6.45, 7) is 1.04. The lowest BCUT2D eigenvalue weighted by Gasteiger charge is -2.20. The fraction of sp³-hybridized carbons (Fsp3) is 0.571. The van der Waals surface area contributed by atoms with Gasteiger partial charge in [-0.3, -0.25) is 0 Å². The van der Waals surface area contributed by atoms with Crippen LogP contribution >= 0.6 is 0 Å². The molecule has 2 aliphatic carbocycles. The Labute approximate surface area is 102 Å². The standard InChI is InChI=1S/C14H17N3/c1-17(9-10-5-6-10)14-12(8-15)7-11-3-2-4-13(11)16-14/h7,10H,2-6,9H2,1H3. The largest absolute Gasteiger partial charge is 0.358 e. The molecule has 0 bridgehead atoms. The highest BCUT2D eigenvalue weighted by Crippen LogP contribution is 2.32. The molecule has 0 unspecified atom stereocenters. The van der Waals surface area contributed by atoms with Crippen LogP contribution in [0.4, 0.5) is 5.82 Å². The van der Waals surface area contributed by atoms with E-state index in [1.54, 1.807) is 0 Å². The van der Waals surface area contributed by atoms with Crippen LogP contribution in [0.15, 0.2) is 6.07 Å². The van der Waals surface area contributed by atoms with Gasteiger partial charge in [0.05, 0.1) is 5.56 Å². The highest BCUT2D eigenvalue weighted by atomic mass is 15.2. The molecule has 1 fully saturated rings. The van der Waals surface area contributed by atoms with Gasteiger partial charge in [-0.2, -0.15) is 5.26 Å². The highest BCUT2D eigenvalue weighted by Gasteiger charge is 2.25. The van der Waals surface area contributed by atoms with Crippen LogP contribution in [0.5, 0.6) is 0 Å². The van der Waals surface area contributed by atoms with E-state index in [1.807, 2.05) is 6.07 Å². The SMILES string of the molecule is CN(CC1CC1)c1nc2c(cc1C#N)CCC2. The fourth-order valence-electron chi connectivity index (χ4n) is 2.61. The molecule has 17 heavy (non-hydrogen) atoms. The van der Waals surface area contributed by atoms with Crippen molar-refractivity contribution in [2.45, 2.75) is 32.1 Å². The molecule has 0 radical (unpaired) electrons. The number of fused-ring (bicyclic) bond motifs is 1. The lowest BCUT2D eigenvalue weighted by Crippen LogP contribution is -2.22. The summed E-state index contributed by atoms with van der Waals surface area (Å²) in [6, 6.07) is 4.35. The summed E-state index contributed by atoms with van der Waals surface area (Å²) in [4.78, 5) is 6.87. The Morgan fingerprint density at radius 3 is 3.00 bits per heavy atom. The van der Waals surface area contributed by atoms with Gasteiger partial charge in [0.2, 0.25) is 0 Å². The second-order valence-corrected chi connectivity index (χ2v) is 5.25. The summed E-state index contributed by atoms with van der Waals surface area (Å²) >= 11 is 0. The molecule has 1 saturated carbocycles. The second-order valence-electron chi connectivity index (χ2n) is 5.25. The van der Waals surface area contributed by atoms with Gasteiger partial charge >= 0.3 is 0 Å². The Balaban J connectivity index is 1.93. The van der Waals surface area contributed by atoms with Crippen molar-refractivity contribution in [3.8, 4) is 6.07 Å². The van der Waals surface area contributed by atoms with Crippen LogP contribution in [0.1, 0.15) is 36.1 Å². The summed E-state index contributed by atoms with van der Waals surface area (Å²) in [5.41, 5.74) is 3.24. The first-order valence-electron chi connectivity index (χ1n) is 6.42. The van der Waals surface area contributed by atoms with E-state index in [2.05, 4.69) is 18.0 Å². The van der Waals surface area contributed by atoms with E-state index in [0.29, 0.717) is 0 Å². The smallest absolute Gasteiger partial charge is 0.146 e. The first-order chi connectivity index (χ1) is 8.28. The third kappa shape index (κ3) is 2.00. The zero-order chi connectivity index (χ0) is 11.8. The van der Waals surface area contributed by atoms with Crippen LogP contribution in [0, 0.1) is 17.2 Å². The van der Waals surface area contributed by atoms with Gasteiger partial charge in [-0.1, -0.05) is 0 Å². The van der Waals surface area contributed by atoms with Gasteiger partial charge < -0.3 is 4.90 Å². The fourth-order valence-corrected chi connectivity index (χ4v) is 2.61. The van der Waals surface area contributed by atoms with E-state index in [0.717, 1.165) is 36.7 Å². The van der Waals surface area contributed by atoms with E-state index in [9.17, 15) is 5.26 Å².